The summed E-state index contributed by atoms with van der Waals surface area (Å²) in [5, 5.41) is 15.9. The highest BCUT2D eigenvalue weighted by molar-refractivity contribution is 6.31. The molecule has 0 aromatic heterocycles. The minimum atomic E-state index is -0.233. The van der Waals surface area contributed by atoms with Crippen molar-refractivity contribution in [3.05, 3.63) is 52.5 Å². The van der Waals surface area contributed by atoms with Crippen molar-refractivity contribution in [1.29, 1.82) is 0 Å². The van der Waals surface area contributed by atoms with Crippen LogP contribution in [0, 0.1) is 13.8 Å². The monoisotopic (exact) mass is 415 g/mol. The van der Waals surface area contributed by atoms with Gasteiger partial charge in [0.05, 0.1) is 12.2 Å². The van der Waals surface area contributed by atoms with Gasteiger partial charge in [-0.25, -0.2) is 0 Å². The average molecular weight is 416 g/mol. The predicted molar refractivity (Wildman–Crippen MR) is 116 cm³/mol. The number of nitrogens with one attached hydrogen (secondary N) is 2. The fourth-order valence-electron chi connectivity index (χ4n) is 3.14. The van der Waals surface area contributed by atoms with Gasteiger partial charge < -0.3 is 15.7 Å². The van der Waals surface area contributed by atoms with Crippen LogP contribution in [0.15, 0.2) is 36.4 Å². The number of nitrogens with zero attached hydrogens (tertiary/aromatic N) is 1. The molecule has 0 spiro atoms. The van der Waals surface area contributed by atoms with Crippen LogP contribution >= 0.6 is 11.6 Å². The van der Waals surface area contributed by atoms with Crippen LogP contribution < -0.4 is 10.6 Å². The van der Waals surface area contributed by atoms with Gasteiger partial charge in [0.2, 0.25) is 11.8 Å². The zero-order valence-electron chi connectivity index (χ0n) is 16.7. The van der Waals surface area contributed by atoms with Crippen LogP contribution in [0.4, 0.5) is 11.4 Å². The highest BCUT2D eigenvalue weighted by atomic mass is 35.5. The highest BCUT2D eigenvalue weighted by Crippen LogP contribution is 2.28. The molecule has 7 heteroatoms. The van der Waals surface area contributed by atoms with Crippen molar-refractivity contribution in [2.45, 2.75) is 39.2 Å². The maximum atomic E-state index is 12.5. The van der Waals surface area contributed by atoms with Gasteiger partial charge in [-0.05, 0) is 62.1 Å². The number of phenolic OH excluding ortho intramolecular Hbond substituents is 1. The summed E-state index contributed by atoms with van der Waals surface area (Å²) in [5.41, 5.74) is 3.21. The van der Waals surface area contributed by atoms with Crippen molar-refractivity contribution in [1.82, 2.24) is 4.90 Å². The van der Waals surface area contributed by atoms with E-state index in [1.807, 2.05) is 36.9 Å². The topological polar surface area (TPSA) is 81.7 Å². The number of benzene rings is 2. The lowest BCUT2D eigenvalue weighted by Gasteiger charge is -2.21. The summed E-state index contributed by atoms with van der Waals surface area (Å²) in [6, 6.07) is 10.8. The molecular weight excluding hydrogens is 390 g/mol. The van der Waals surface area contributed by atoms with E-state index in [1.54, 1.807) is 6.07 Å². The van der Waals surface area contributed by atoms with Crippen LogP contribution in [-0.4, -0.2) is 41.0 Å². The number of amides is 2. The zero-order valence-corrected chi connectivity index (χ0v) is 17.4. The molecule has 3 rings (SSSR count). The number of hydrogen-bond acceptors (Lipinski definition) is 4. The Hall–Kier alpha value is -2.57. The SMILES string of the molecule is Cc1ccc(C)c(NC(=O)CN(CCC(=O)Nc2cc(Cl)ccc2O)C2CC2)c1. The maximum absolute atomic E-state index is 12.5. The summed E-state index contributed by atoms with van der Waals surface area (Å²) < 4.78 is 0. The Morgan fingerprint density at radius 1 is 1.07 bits per heavy atom. The smallest absolute Gasteiger partial charge is 0.238 e. The number of halogens is 1. The number of carbonyl (C=O) groups is 2. The van der Waals surface area contributed by atoms with Gasteiger partial charge in [-0.15, -0.1) is 0 Å². The number of rotatable bonds is 8. The predicted octanol–water partition coefficient (Wildman–Crippen LogP) is 4.09. The average Bonchev–Trinajstić information content (AvgIpc) is 3.50. The summed E-state index contributed by atoms with van der Waals surface area (Å²) >= 11 is 5.91. The van der Waals surface area contributed by atoms with Crippen molar-refractivity contribution >= 4 is 34.8 Å². The lowest BCUT2D eigenvalue weighted by atomic mass is 10.1. The summed E-state index contributed by atoms with van der Waals surface area (Å²) in [7, 11) is 0. The Morgan fingerprint density at radius 3 is 2.52 bits per heavy atom. The van der Waals surface area contributed by atoms with Gasteiger partial charge in [0.15, 0.2) is 0 Å². The minimum Gasteiger partial charge on any atom is -0.506 e. The van der Waals surface area contributed by atoms with E-state index in [9.17, 15) is 14.7 Å². The lowest BCUT2D eigenvalue weighted by Crippen LogP contribution is -2.37. The third-order valence-electron chi connectivity index (χ3n) is 4.94. The first kappa shape index (κ1) is 21.1. The van der Waals surface area contributed by atoms with E-state index in [-0.39, 0.29) is 36.2 Å². The summed E-state index contributed by atoms with van der Waals surface area (Å²) in [6.07, 6.45) is 2.29. The fraction of sp³-hybridized carbons (Fsp3) is 0.364. The molecule has 1 aliphatic carbocycles. The molecule has 0 unspecified atom stereocenters. The molecular formula is C22H26ClN3O3. The summed E-state index contributed by atoms with van der Waals surface area (Å²) in [4.78, 5) is 26.9. The van der Waals surface area contributed by atoms with E-state index in [0.29, 0.717) is 17.6 Å². The third-order valence-corrected chi connectivity index (χ3v) is 5.17. The van der Waals surface area contributed by atoms with Crippen LogP contribution in [0.5, 0.6) is 5.75 Å². The van der Waals surface area contributed by atoms with Gasteiger partial charge in [-0.2, -0.15) is 0 Å². The van der Waals surface area contributed by atoms with E-state index in [1.165, 1.54) is 12.1 Å². The largest absolute Gasteiger partial charge is 0.506 e. The van der Waals surface area contributed by atoms with E-state index in [0.717, 1.165) is 29.7 Å². The first-order chi connectivity index (χ1) is 13.8. The molecule has 2 aromatic carbocycles. The Bertz CT molecular complexity index is 912. The van der Waals surface area contributed by atoms with Gasteiger partial charge in [0.1, 0.15) is 5.75 Å². The van der Waals surface area contributed by atoms with Gasteiger partial charge >= 0.3 is 0 Å². The molecule has 3 N–H and O–H groups in total. The molecule has 2 aromatic rings. The molecule has 2 amide bonds. The van der Waals surface area contributed by atoms with Crippen LogP contribution in [0.25, 0.3) is 0 Å². The lowest BCUT2D eigenvalue weighted by molar-refractivity contribution is -0.119. The summed E-state index contributed by atoms with van der Waals surface area (Å²) in [5.74, 6) is -0.351. The molecule has 1 saturated carbocycles. The van der Waals surface area contributed by atoms with Gasteiger partial charge in [0, 0.05) is 29.7 Å². The van der Waals surface area contributed by atoms with Crippen molar-refractivity contribution in [3.63, 3.8) is 0 Å². The van der Waals surface area contributed by atoms with Crippen LogP contribution in [0.1, 0.15) is 30.4 Å². The Kier molecular flexibility index (Phi) is 6.77. The van der Waals surface area contributed by atoms with Crippen LogP contribution in [-0.2, 0) is 9.59 Å². The van der Waals surface area contributed by atoms with Crippen molar-refractivity contribution < 1.29 is 14.7 Å². The Morgan fingerprint density at radius 2 is 1.79 bits per heavy atom. The van der Waals surface area contributed by atoms with Crippen LogP contribution in [0.3, 0.4) is 0 Å². The van der Waals surface area contributed by atoms with E-state index < -0.39 is 0 Å². The van der Waals surface area contributed by atoms with E-state index in [4.69, 9.17) is 11.6 Å². The van der Waals surface area contributed by atoms with Crippen molar-refractivity contribution in [2.24, 2.45) is 0 Å². The zero-order chi connectivity index (χ0) is 21.0. The molecule has 0 atom stereocenters. The third kappa shape index (κ3) is 6.21. The number of aryl methyl sites for hydroxylation is 2. The molecule has 6 nitrogen and oxygen atoms in total. The first-order valence-corrected chi connectivity index (χ1v) is 10.1. The quantitative estimate of drug-likeness (QED) is 0.567. The highest BCUT2D eigenvalue weighted by Gasteiger charge is 2.30. The molecule has 0 aliphatic heterocycles. The molecule has 0 bridgehead atoms. The van der Waals surface area contributed by atoms with E-state index in [2.05, 4.69) is 10.6 Å². The molecule has 1 fully saturated rings. The molecule has 0 heterocycles. The second-order valence-electron chi connectivity index (χ2n) is 7.53. The molecule has 1 aliphatic rings. The number of aromatic hydroxyl groups is 1. The number of phenols is 1. The molecule has 0 radical (unpaired) electrons. The van der Waals surface area contributed by atoms with Gasteiger partial charge in [-0.3, -0.25) is 14.5 Å². The Labute approximate surface area is 175 Å². The fourth-order valence-corrected chi connectivity index (χ4v) is 3.31. The summed E-state index contributed by atoms with van der Waals surface area (Å²) in [6.45, 7) is 4.66. The van der Waals surface area contributed by atoms with E-state index >= 15 is 0 Å². The number of anilines is 2. The minimum absolute atomic E-state index is 0.0327. The van der Waals surface area contributed by atoms with Gasteiger partial charge in [-0.1, -0.05) is 23.7 Å². The van der Waals surface area contributed by atoms with Crippen LogP contribution in [0.2, 0.25) is 5.02 Å². The second-order valence-corrected chi connectivity index (χ2v) is 7.96. The normalized spacial score (nSPS) is 13.4. The van der Waals surface area contributed by atoms with Crippen molar-refractivity contribution in [2.75, 3.05) is 23.7 Å². The number of hydrogen-bond donors (Lipinski definition) is 3. The molecule has 154 valence electrons. The Balaban J connectivity index is 1.53. The number of carbonyl (C=O) groups excluding carboxylic acids is 2. The second kappa shape index (κ2) is 9.29. The molecule has 0 saturated heterocycles. The maximum Gasteiger partial charge on any atom is 0.238 e. The van der Waals surface area contributed by atoms with Crippen molar-refractivity contribution in [3.8, 4) is 5.75 Å². The first-order valence-electron chi connectivity index (χ1n) is 9.71. The standard InChI is InChI=1S/C22H26ClN3O3/c1-14-3-4-15(2)18(11-14)24-22(29)13-26(17-6-7-17)10-9-21(28)25-19-12-16(23)5-8-20(19)27/h3-5,8,11-12,17,27H,6-7,9-10,13H2,1-2H3,(H,24,29)(H,25,28). The molecule has 29 heavy (non-hydrogen) atoms. The van der Waals surface area contributed by atoms with Gasteiger partial charge in [0.25, 0.3) is 0 Å².